The Bertz CT molecular complexity index is 1570. The predicted molar refractivity (Wildman–Crippen MR) is 140 cm³/mol. The second-order valence-corrected chi connectivity index (χ2v) is 8.87. The van der Waals surface area contributed by atoms with Crippen LogP contribution >= 0.6 is 0 Å². The van der Waals surface area contributed by atoms with Crippen molar-refractivity contribution in [3.05, 3.63) is 136 Å². The third kappa shape index (κ3) is 4.72. The van der Waals surface area contributed by atoms with Crippen molar-refractivity contribution < 1.29 is 13.2 Å². The Balaban J connectivity index is 1.66. The van der Waals surface area contributed by atoms with Crippen LogP contribution in [0.25, 0.3) is 10.9 Å². The van der Waals surface area contributed by atoms with Gasteiger partial charge in [-0.15, -0.1) is 0 Å². The van der Waals surface area contributed by atoms with Gasteiger partial charge in [-0.25, -0.2) is 4.98 Å². The smallest absolute Gasteiger partial charge is 0.345 e. The van der Waals surface area contributed by atoms with Gasteiger partial charge >= 0.3 is 6.18 Å². The predicted octanol–water partition coefficient (Wildman–Crippen LogP) is 7.13. The highest BCUT2D eigenvalue weighted by atomic mass is 19.4. The van der Waals surface area contributed by atoms with Crippen molar-refractivity contribution >= 4 is 22.3 Å². The summed E-state index contributed by atoms with van der Waals surface area (Å²) >= 11 is 0. The number of rotatable bonds is 5. The second-order valence-electron chi connectivity index (χ2n) is 8.87. The molecule has 0 amide bonds. The van der Waals surface area contributed by atoms with E-state index in [1.54, 1.807) is 40.8 Å². The molecule has 0 aliphatic heterocycles. The number of halogens is 3. The summed E-state index contributed by atoms with van der Waals surface area (Å²) in [7, 11) is 1.67. The number of aromatic nitrogens is 2. The van der Waals surface area contributed by atoms with Crippen LogP contribution in [0.2, 0.25) is 0 Å². The number of hydrogen-bond acceptors (Lipinski definition) is 3. The van der Waals surface area contributed by atoms with Crippen LogP contribution in [0, 0.1) is 6.92 Å². The molecule has 0 unspecified atom stereocenters. The molecule has 37 heavy (non-hydrogen) atoms. The van der Waals surface area contributed by atoms with E-state index < -0.39 is 17.8 Å². The van der Waals surface area contributed by atoms with Crippen molar-refractivity contribution in [3.63, 3.8) is 0 Å². The van der Waals surface area contributed by atoms with Gasteiger partial charge in [0.1, 0.15) is 5.82 Å². The first-order valence-electron chi connectivity index (χ1n) is 11.8. The van der Waals surface area contributed by atoms with Crippen LogP contribution in [0.1, 0.15) is 28.6 Å². The first kappa shape index (κ1) is 24.3. The number of benzene rings is 4. The van der Waals surface area contributed by atoms with E-state index in [0.29, 0.717) is 28.1 Å². The van der Waals surface area contributed by atoms with Crippen molar-refractivity contribution in [2.24, 2.45) is 0 Å². The van der Waals surface area contributed by atoms with Gasteiger partial charge in [0.2, 0.25) is 0 Å². The standard InChI is InChI=1S/C30H24F3N3O/c1-20-34-27-17-16-25(35(2)24-15-9-14-23(18-24)30(31,32)33)19-26(27)29(37)36(20)28(21-10-5-3-6-11-21)22-12-7-4-8-13-22/h3-19,28H,1-2H3. The van der Waals surface area contributed by atoms with Crippen molar-refractivity contribution in [1.82, 2.24) is 9.55 Å². The second kappa shape index (κ2) is 9.58. The van der Waals surface area contributed by atoms with Crippen molar-refractivity contribution in [3.8, 4) is 0 Å². The van der Waals surface area contributed by atoms with Gasteiger partial charge in [-0.2, -0.15) is 13.2 Å². The van der Waals surface area contributed by atoms with Gasteiger partial charge in [-0.05, 0) is 54.4 Å². The van der Waals surface area contributed by atoms with E-state index >= 15 is 0 Å². The van der Waals surface area contributed by atoms with Crippen molar-refractivity contribution in [2.45, 2.75) is 19.1 Å². The summed E-state index contributed by atoms with van der Waals surface area (Å²) in [6.07, 6.45) is -4.45. The first-order valence-corrected chi connectivity index (χ1v) is 11.8. The maximum Gasteiger partial charge on any atom is 0.416 e. The molecule has 186 valence electrons. The molecule has 0 N–H and O–H groups in total. The lowest BCUT2D eigenvalue weighted by atomic mass is 9.98. The van der Waals surface area contributed by atoms with Gasteiger partial charge < -0.3 is 4.90 Å². The highest BCUT2D eigenvalue weighted by Crippen LogP contribution is 2.34. The molecule has 5 rings (SSSR count). The number of anilines is 2. The van der Waals surface area contributed by atoms with Crippen LogP contribution in [0.15, 0.2) is 108 Å². The molecule has 0 bridgehead atoms. The van der Waals surface area contributed by atoms with Gasteiger partial charge in [-0.1, -0.05) is 66.7 Å². The Morgan fingerprint density at radius 1 is 0.784 bits per heavy atom. The summed E-state index contributed by atoms with van der Waals surface area (Å²) in [5, 5.41) is 0.388. The topological polar surface area (TPSA) is 38.1 Å². The summed E-state index contributed by atoms with van der Waals surface area (Å²) in [4.78, 5) is 20.3. The summed E-state index contributed by atoms with van der Waals surface area (Å²) in [5.74, 6) is 0.564. The lowest BCUT2D eigenvalue weighted by molar-refractivity contribution is -0.137. The molecule has 1 heterocycles. The quantitative estimate of drug-likeness (QED) is 0.258. The molecular formula is C30H24F3N3O. The Morgan fingerprint density at radius 3 is 1.97 bits per heavy atom. The molecule has 0 aliphatic carbocycles. The average molecular weight is 500 g/mol. The van der Waals surface area contributed by atoms with E-state index in [9.17, 15) is 18.0 Å². The zero-order chi connectivity index (χ0) is 26.2. The highest BCUT2D eigenvalue weighted by molar-refractivity contribution is 5.83. The third-order valence-electron chi connectivity index (χ3n) is 6.50. The normalized spacial score (nSPS) is 11.7. The van der Waals surface area contributed by atoms with Crippen molar-refractivity contribution in [2.75, 3.05) is 11.9 Å². The molecule has 0 spiro atoms. The number of fused-ring (bicyclic) bond motifs is 1. The molecule has 1 aromatic heterocycles. The molecule has 5 aromatic rings. The van der Waals surface area contributed by atoms with Crippen LogP contribution in [-0.4, -0.2) is 16.6 Å². The van der Waals surface area contributed by atoms with Crippen LogP contribution in [-0.2, 0) is 6.18 Å². The summed E-state index contributed by atoms with van der Waals surface area (Å²) in [5.41, 5.74) is 2.40. The number of hydrogen-bond donors (Lipinski definition) is 0. The zero-order valence-electron chi connectivity index (χ0n) is 20.3. The molecule has 4 nitrogen and oxygen atoms in total. The van der Waals surface area contributed by atoms with E-state index in [2.05, 4.69) is 0 Å². The van der Waals surface area contributed by atoms with E-state index in [1.165, 1.54) is 6.07 Å². The van der Waals surface area contributed by atoms with E-state index in [0.717, 1.165) is 23.3 Å². The summed E-state index contributed by atoms with van der Waals surface area (Å²) in [6.45, 7) is 1.81. The zero-order valence-corrected chi connectivity index (χ0v) is 20.3. The Hall–Kier alpha value is -4.39. The minimum absolute atomic E-state index is 0.223. The van der Waals surface area contributed by atoms with Gasteiger partial charge in [0.05, 0.1) is 22.5 Å². The lowest BCUT2D eigenvalue weighted by Crippen LogP contribution is -2.29. The molecule has 0 saturated carbocycles. The maximum absolute atomic E-state index is 14.0. The summed E-state index contributed by atoms with van der Waals surface area (Å²) in [6, 6.07) is 29.4. The van der Waals surface area contributed by atoms with E-state index in [1.807, 2.05) is 67.6 Å². The third-order valence-corrected chi connectivity index (χ3v) is 6.50. The Kier molecular flexibility index (Phi) is 6.29. The highest BCUT2D eigenvalue weighted by Gasteiger charge is 2.30. The molecule has 0 atom stereocenters. The monoisotopic (exact) mass is 499 g/mol. The molecular weight excluding hydrogens is 475 g/mol. The number of nitrogens with zero attached hydrogens (tertiary/aromatic N) is 3. The molecule has 0 saturated heterocycles. The number of alkyl halides is 3. The SMILES string of the molecule is Cc1nc2ccc(N(C)c3cccc(C(F)(F)F)c3)cc2c(=O)n1C(c1ccccc1)c1ccccc1. The van der Waals surface area contributed by atoms with Gasteiger partial charge in [0.15, 0.2) is 0 Å². The largest absolute Gasteiger partial charge is 0.416 e. The fraction of sp³-hybridized carbons (Fsp3) is 0.133. The fourth-order valence-electron chi connectivity index (χ4n) is 4.61. The first-order chi connectivity index (χ1) is 17.7. The number of aryl methyl sites for hydroxylation is 1. The molecule has 0 aliphatic rings. The van der Waals surface area contributed by atoms with Crippen LogP contribution in [0.4, 0.5) is 24.5 Å². The van der Waals surface area contributed by atoms with Crippen LogP contribution in [0.5, 0.6) is 0 Å². The minimum atomic E-state index is -4.45. The van der Waals surface area contributed by atoms with Crippen LogP contribution in [0.3, 0.4) is 0 Å². The molecule has 7 heteroatoms. The molecule has 4 aromatic carbocycles. The molecule has 0 fully saturated rings. The molecule has 0 radical (unpaired) electrons. The van der Waals surface area contributed by atoms with E-state index in [4.69, 9.17) is 4.98 Å². The van der Waals surface area contributed by atoms with Gasteiger partial charge in [-0.3, -0.25) is 9.36 Å². The van der Waals surface area contributed by atoms with Crippen molar-refractivity contribution in [1.29, 1.82) is 0 Å². The van der Waals surface area contributed by atoms with E-state index in [-0.39, 0.29) is 5.56 Å². The Labute approximate surface area is 212 Å². The van der Waals surface area contributed by atoms with Crippen LogP contribution < -0.4 is 10.5 Å². The van der Waals surface area contributed by atoms with Gasteiger partial charge in [0.25, 0.3) is 5.56 Å². The maximum atomic E-state index is 14.0. The van der Waals surface area contributed by atoms with Gasteiger partial charge in [0, 0.05) is 18.4 Å². The Morgan fingerprint density at radius 2 is 1.38 bits per heavy atom. The summed E-state index contributed by atoms with van der Waals surface area (Å²) < 4.78 is 41.5. The average Bonchev–Trinajstić information content (AvgIpc) is 2.91. The fourth-order valence-corrected chi connectivity index (χ4v) is 4.61. The lowest BCUT2D eigenvalue weighted by Gasteiger charge is -2.24. The minimum Gasteiger partial charge on any atom is -0.345 e.